The predicted octanol–water partition coefficient (Wildman–Crippen LogP) is -12.4. The number of carbonyl (C=O) groups excluding carboxylic acids is 2. The number of nitrogens with zero attached hydrogens (tertiary/aromatic N) is 5. The number of rotatable bonds is 40. The molecule has 0 saturated carbocycles. The third-order valence-corrected chi connectivity index (χ3v) is 14.8. The van der Waals surface area contributed by atoms with Gasteiger partial charge in [0.1, 0.15) is 97.7 Å². The Bertz CT molecular complexity index is 1820. The van der Waals surface area contributed by atoms with Crippen molar-refractivity contribution < 1.29 is 159 Å². The van der Waals surface area contributed by atoms with Gasteiger partial charge in [-0.05, 0) is 25.7 Å². The Morgan fingerprint density at radius 3 is 0.736 bits per heavy atom. The standard InChI is InChI=1S/C50H89N5O32/c56-22-26-35(68)39(72)43(76)47(84-26)80-13-1-5-54(6-2-14-81-48-44(77)40(73)36(69)27(23-57)85-48)30(60)17-52(20-33(64)65)11-9-51(19-32(62)63)10-12-53(21-34(66)67)18-31(61)55(7-3-15-82-49-45(78)41(74)37(70)28(24-58)86-49)8-4-16-83-50-46(79)42(75)38(71)29(25-59)87-50/h26-29,35-50,56-59,68-79H,1-25H2,(H,62,63)(H,64,65)(H,66,67)/t26-,27-,28-,29-,35-,36-,37-,38-,39-,40-,41-,42-,43-,44-,45-,46-,47?,48?,49?,50?/m1/s1. The summed E-state index contributed by atoms with van der Waals surface area (Å²) in [7, 11) is 0. The normalized spacial score (nSPS) is 33.0. The number of carboxylic acids is 3. The van der Waals surface area contributed by atoms with Crippen molar-refractivity contribution in [2.45, 2.75) is 149 Å². The lowest BCUT2D eigenvalue weighted by atomic mass is 9.99. The van der Waals surface area contributed by atoms with Crippen molar-refractivity contribution in [3.8, 4) is 0 Å². The maximum atomic E-state index is 14.1. The molecule has 0 aliphatic carbocycles. The van der Waals surface area contributed by atoms with E-state index in [0.29, 0.717) is 0 Å². The number of carboxylic acid groups (broad SMARTS) is 3. The Hall–Kier alpha value is -3.73. The van der Waals surface area contributed by atoms with Crippen LogP contribution in [0.1, 0.15) is 25.7 Å². The Balaban J connectivity index is 1.44. The molecule has 4 fully saturated rings. The van der Waals surface area contributed by atoms with E-state index in [1.807, 2.05) is 0 Å². The van der Waals surface area contributed by atoms with Gasteiger partial charge >= 0.3 is 17.9 Å². The molecule has 20 atom stereocenters. The summed E-state index contributed by atoms with van der Waals surface area (Å²) >= 11 is 0. The average Bonchev–Trinajstić information content (AvgIpc) is 3.12. The van der Waals surface area contributed by atoms with Crippen LogP contribution in [0, 0.1) is 0 Å². The van der Waals surface area contributed by atoms with Crippen LogP contribution in [0.3, 0.4) is 0 Å². The molecule has 0 spiro atoms. The fraction of sp³-hybridized carbons (Fsp3) is 0.900. The molecule has 37 heteroatoms. The molecule has 0 bridgehead atoms. The van der Waals surface area contributed by atoms with Crippen molar-refractivity contribution in [2.75, 3.05) is 138 Å². The van der Waals surface area contributed by atoms with E-state index in [1.165, 1.54) is 24.5 Å². The van der Waals surface area contributed by atoms with Crippen LogP contribution < -0.4 is 0 Å². The summed E-state index contributed by atoms with van der Waals surface area (Å²) in [4.78, 5) is 70.9. The maximum Gasteiger partial charge on any atom is 0.317 e. The molecular formula is C50H89N5O32. The SMILES string of the molecule is O=C(O)CN(CCN(CC(=O)O)CC(=O)N(CCCOC1O[C@H](CO)[C@@H](O)[C@@H](O)[C@H]1O)CCCOC1O[C@H](CO)[C@@H](O)[C@@H](O)[C@H]1O)CCN(CC(=O)O)CC(=O)N(CCCOC1O[C@H](CO)[C@@H](O)[C@@H](O)[C@H]1O)CCCOC1O[C@H](CO)[C@@H](O)[C@@H](O)[C@H]1O. The van der Waals surface area contributed by atoms with Crippen molar-refractivity contribution in [3.05, 3.63) is 0 Å². The molecule has 4 unspecified atom stereocenters. The highest BCUT2D eigenvalue weighted by Gasteiger charge is 2.47. The number of amides is 2. The van der Waals surface area contributed by atoms with Gasteiger partial charge in [-0.1, -0.05) is 0 Å². The highest BCUT2D eigenvalue weighted by molar-refractivity contribution is 5.80. The second-order valence-corrected chi connectivity index (χ2v) is 21.3. The van der Waals surface area contributed by atoms with Crippen LogP contribution in [0.4, 0.5) is 0 Å². The number of aliphatic carboxylic acids is 3. The van der Waals surface area contributed by atoms with Crippen molar-refractivity contribution in [1.82, 2.24) is 24.5 Å². The third kappa shape index (κ3) is 23.5. The quantitative estimate of drug-likeness (QED) is 0.0253. The van der Waals surface area contributed by atoms with Gasteiger partial charge in [-0.25, -0.2) is 0 Å². The summed E-state index contributed by atoms with van der Waals surface area (Å²) < 4.78 is 43.7. The number of ether oxygens (including phenoxy) is 8. The van der Waals surface area contributed by atoms with Crippen LogP contribution >= 0.6 is 0 Å². The summed E-state index contributed by atoms with van der Waals surface area (Å²) in [5, 5.41) is 191. The molecule has 37 nitrogen and oxygen atoms in total. The van der Waals surface area contributed by atoms with Crippen LogP contribution in [-0.2, 0) is 61.9 Å². The smallest absolute Gasteiger partial charge is 0.317 e. The monoisotopic (exact) mass is 1270 g/mol. The summed E-state index contributed by atoms with van der Waals surface area (Å²) in [6.07, 6.45) is -31.7. The molecule has 0 aromatic carbocycles. The van der Waals surface area contributed by atoms with Gasteiger partial charge in [-0.3, -0.25) is 38.7 Å². The van der Waals surface area contributed by atoms with Crippen molar-refractivity contribution >= 4 is 29.7 Å². The van der Waals surface area contributed by atoms with Gasteiger partial charge in [-0.15, -0.1) is 0 Å². The molecule has 4 saturated heterocycles. The molecule has 4 aliphatic rings. The number of aliphatic hydroxyl groups excluding tert-OH is 16. The summed E-state index contributed by atoms with van der Waals surface area (Å²) in [5.74, 6) is -5.51. The number of carbonyl (C=O) groups is 5. The first-order chi connectivity index (χ1) is 41.3. The molecule has 0 aromatic heterocycles. The lowest BCUT2D eigenvalue weighted by molar-refractivity contribution is -0.301. The van der Waals surface area contributed by atoms with Crippen LogP contribution in [-0.4, -0.2) is 412 Å². The van der Waals surface area contributed by atoms with Gasteiger partial charge in [0.25, 0.3) is 0 Å². The zero-order valence-electron chi connectivity index (χ0n) is 47.8. The van der Waals surface area contributed by atoms with E-state index in [2.05, 4.69) is 0 Å². The van der Waals surface area contributed by atoms with Crippen LogP contribution in [0.2, 0.25) is 0 Å². The summed E-state index contributed by atoms with van der Waals surface area (Å²) in [6.45, 7) is -8.79. The highest BCUT2D eigenvalue weighted by Crippen LogP contribution is 2.26. The predicted molar refractivity (Wildman–Crippen MR) is 283 cm³/mol. The number of aliphatic hydroxyl groups is 16. The van der Waals surface area contributed by atoms with Crippen molar-refractivity contribution in [1.29, 1.82) is 0 Å². The minimum Gasteiger partial charge on any atom is -0.480 e. The molecule has 506 valence electrons. The average molecular weight is 1270 g/mol. The first kappa shape index (κ1) is 75.7. The van der Waals surface area contributed by atoms with E-state index in [1.54, 1.807) is 0 Å². The molecule has 19 N–H and O–H groups in total. The zero-order valence-corrected chi connectivity index (χ0v) is 47.8. The van der Waals surface area contributed by atoms with E-state index in [-0.39, 0.29) is 104 Å². The van der Waals surface area contributed by atoms with Crippen LogP contribution in [0.15, 0.2) is 0 Å². The minimum absolute atomic E-state index is 0.00662. The Kier molecular flexibility index (Phi) is 33.2. The van der Waals surface area contributed by atoms with Gasteiger partial charge in [0.2, 0.25) is 11.8 Å². The van der Waals surface area contributed by atoms with Crippen molar-refractivity contribution in [2.24, 2.45) is 0 Å². The Morgan fingerprint density at radius 2 is 0.517 bits per heavy atom. The van der Waals surface area contributed by atoms with E-state index >= 15 is 0 Å². The third-order valence-electron chi connectivity index (χ3n) is 14.8. The van der Waals surface area contributed by atoms with Gasteiger partial charge in [0, 0.05) is 52.4 Å². The maximum absolute atomic E-state index is 14.1. The van der Waals surface area contributed by atoms with E-state index in [4.69, 9.17) is 37.9 Å². The molecular weight excluding hydrogens is 1180 g/mol. The molecule has 0 radical (unpaired) electrons. The van der Waals surface area contributed by atoms with E-state index < -0.39 is 212 Å². The van der Waals surface area contributed by atoms with Crippen molar-refractivity contribution in [3.63, 3.8) is 0 Å². The van der Waals surface area contributed by atoms with E-state index in [0.717, 1.165) is 0 Å². The zero-order chi connectivity index (χ0) is 64.7. The lowest BCUT2D eigenvalue weighted by Gasteiger charge is -2.39. The molecule has 2 amide bonds. The fourth-order valence-electron chi connectivity index (χ4n) is 9.78. The molecule has 4 aliphatic heterocycles. The van der Waals surface area contributed by atoms with Crippen LogP contribution in [0.5, 0.6) is 0 Å². The molecule has 4 rings (SSSR count). The lowest BCUT2D eigenvalue weighted by Crippen LogP contribution is -2.59. The van der Waals surface area contributed by atoms with Crippen LogP contribution in [0.25, 0.3) is 0 Å². The molecule has 4 heterocycles. The second kappa shape index (κ2) is 38.2. The largest absolute Gasteiger partial charge is 0.480 e. The Morgan fingerprint density at radius 1 is 0.299 bits per heavy atom. The fourth-order valence-corrected chi connectivity index (χ4v) is 9.78. The van der Waals surface area contributed by atoms with Gasteiger partial charge < -0.3 is 145 Å². The second-order valence-electron chi connectivity index (χ2n) is 21.3. The van der Waals surface area contributed by atoms with Gasteiger partial charge in [0.05, 0.1) is 85.6 Å². The minimum atomic E-state index is -1.75. The first-order valence-corrected chi connectivity index (χ1v) is 28.3. The Labute approximate surface area is 498 Å². The van der Waals surface area contributed by atoms with E-state index in [9.17, 15) is 121 Å². The number of hydrogen-bond acceptors (Lipinski definition) is 32. The first-order valence-electron chi connectivity index (χ1n) is 28.3. The molecule has 0 aromatic rings. The number of hydrogen-bond donors (Lipinski definition) is 19. The summed E-state index contributed by atoms with van der Waals surface area (Å²) in [5.41, 5.74) is 0. The van der Waals surface area contributed by atoms with Gasteiger partial charge in [0.15, 0.2) is 25.2 Å². The van der Waals surface area contributed by atoms with Gasteiger partial charge in [-0.2, -0.15) is 0 Å². The summed E-state index contributed by atoms with van der Waals surface area (Å²) in [6, 6.07) is 0. The molecule has 87 heavy (non-hydrogen) atoms. The topological polar surface area (TPSA) is 560 Å². The highest BCUT2D eigenvalue weighted by atomic mass is 16.7.